The van der Waals surface area contributed by atoms with Crippen molar-refractivity contribution >= 4 is 39.9 Å². The van der Waals surface area contributed by atoms with E-state index in [2.05, 4.69) is 5.32 Å². The van der Waals surface area contributed by atoms with Gasteiger partial charge in [0.2, 0.25) is 0 Å². The van der Waals surface area contributed by atoms with Crippen LogP contribution in [0.25, 0.3) is 10.9 Å². The fourth-order valence-electron chi connectivity index (χ4n) is 4.05. The summed E-state index contributed by atoms with van der Waals surface area (Å²) in [5.41, 5.74) is -1.12. The molecule has 4 rings (SSSR count). The van der Waals surface area contributed by atoms with Crippen LogP contribution in [0.1, 0.15) is 28.5 Å². The Bertz CT molecular complexity index is 1460. The molecule has 0 spiro atoms. The lowest BCUT2D eigenvalue weighted by Gasteiger charge is -2.15. The molecule has 0 bridgehead atoms. The van der Waals surface area contributed by atoms with E-state index in [1.54, 1.807) is 43.3 Å². The SMILES string of the molecule is CCOc1ccc2c(c1)c(C(=O)C(=O)Nc1cccc(OC)c1)c(C(F)(F)F)n2Cc1ccc(Cl)cc1. The van der Waals surface area contributed by atoms with Gasteiger partial charge in [-0.2, -0.15) is 13.2 Å². The standard InChI is InChI=1S/C27H22ClF3N2O4/c1-3-37-20-11-12-22-21(14-20)23(24(34)26(35)32-18-5-4-6-19(13-18)36-2)25(27(29,30)31)33(22)15-16-7-9-17(28)10-8-16/h4-14H,3,15H2,1-2H3,(H,32,35). The van der Waals surface area contributed by atoms with Crippen molar-refractivity contribution in [2.75, 3.05) is 19.0 Å². The maximum Gasteiger partial charge on any atom is 0.432 e. The van der Waals surface area contributed by atoms with Crippen molar-refractivity contribution in [2.45, 2.75) is 19.6 Å². The average molecular weight is 531 g/mol. The third kappa shape index (κ3) is 5.56. The maximum absolute atomic E-state index is 14.5. The van der Waals surface area contributed by atoms with Crippen molar-refractivity contribution in [1.29, 1.82) is 0 Å². The molecule has 0 saturated carbocycles. The van der Waals surface area contributed by atoms with E-state index in [9.17, 15) is 22.8 Å². The van der Waals surface area contributed by atoms with Crippen molar-refractivity contribution in [2.24, 2.45) is 0 Å². The van der Waals surface area contributed by atoms with E-state index in [-0.39, 0.29) is 35.5 Å². The highest BCUT2D eigenvalue weighted by Crippen LogP contribution is 2.40. The van der Waals surface area contributed by atoms with Gasteiger partial charge >= 0.3 is 6.18 Å². The van der Waals surface area contributed by atoms with Gasteiger partial charge in [-0.25, -0.2) is 0 Å². The van der Waals surface area contributed by atoms with Crippen LogP contribution < -0.4 is 14.8 Å². The molecular weight excluding hydrogens is 509 g/mol. The fourth-order valence-corrected chi connectivity index (χ4v) is 4.18. The monoisotopic (exact) mass is 530 g/mol. The van der Waals surface area contributed by atoms with E-state index in [4.69, 9.17) is 21.1 Å². The summed E-state index contributed by atoms with van der Waals surface area (Å²) in [6.45, 7) is 1.79. The summed E-state index contributed by atoms with van der Waals surface area (Å²) >= 11 is 5.93. The molecule has 0 aliphatic rings. The number of carbonyl (C=O) groups is 2. The fraction of sp³-hybridized carbons (Fsp3) is 0.185. The molecule has 0 radical (unpaired) electrons. The first-order valence-corrected chi connectivity index (χ1v) is 11.6. The molecule has 192 valence electrons. The quantitative estimate of drug-likeness (QED) is 0.206. The number of rotatable bonds is 8. The first kappa shape index (κ1) is 26.1. The predicted molar refractivity (Wildman–Crippen MR) is 135 cm³/mol. The molecule has 1 N–H and O–H groups in total. The van der Waals surface area contributed by atoms with Crippen molar-refractivity contribution in [3.63, 3.8) is 0 Å². The first-order valence-electron chi connectivity index (χ1n) is 11.2. The number of aromatic nitrogens is 1. The van der Waals surface area contributed by atoms with E-state index >= 15 is 0 Å². The van der Waals surface area contributed by atoms with Gasteiger partial charge in [-0.1, -0.05) is 29.8 Å². The zero-order valence-electron chi connectivity index (χ0n) is 19.9. The van der Waals surface area contributed by atoms with Gasteiger partial charge in [0.05, 0.1) is 19.3 Å². The van der Waals surface area contributed by atoms with Crippen LogP contribution in [0.5, 0.6) is 11.5 Å². The summed E-state index contributed by atoms with van der Waals surface area (Å²) in [5.74, 6) is -1.87. The number of hydrogen-bond donors (Lipinski definition) is 1. The Labute approximate surface area is 215 Å². The zero-order chi connectivity index (χ0) is 26.7. The number of methoxy groups -OCH3 is 1. The Kier molecular flexibility index (Phi) is 7.45. The highest BCUT2D eigenvalue weighted by atomic mass is 35.5. The second-order valence-corrected chi connectivity index (χ2v) is 8.50. The number of benzene rings is 3. The lowest BCUT2D eigenvalue weighted by molar-refractivity contribution is -0.143. The molecule has 37 heavy (non-hydrogen) atoms. The van der Waals surface area contributed by atoms with Crippen LogP contribution in [-0.4, -0.2) is 30.0 Å². The summed E-state index contributed by atoms with van der Waals surface area (Å²) < 4.78 is 55.2. The molecule has 0 unspecified atom stereocenters. The normalized spacial score (nSPS) is 11.4. The van der Waals surface area contributed by atoms with E-state index in [0.29, 0.717) is 16.3 Å². The number of nitrogens with one attached hydrogen (secondary N) is 1. The Balaban J connectivity index is 1.88. The maximum atomic E-state index is 14.5. The predicted octanol–water partition coefficient (Wildman–Crippen LogP) is 6.59. The number of Topliss-reactive ketones (excluding diaryl/α,β-unsaturated/α-hetero) is 1. The molecule has 4 aromatic rings. The van der Waals surface area contributed by atoms with E-state index < -0.39 is 29.1 Å². The number of hydrogen-bond acceptors (Lipinski definition) is 4. The Morgan fingerprint density at radius 2 is 1.73 bits per heavy atom. The minimum Gasteiger partial charge on any atom is -0.497 e. The summed E-state index contributed by atoms with van der Waals surface area (Å²) in [6, 6.07) is 16.8. The number of amides is 1. The number of halogens is 4. The molecule has 0 atom stereocenters. The summed E-state index contributed by atoms with van der Waals surface area (Å²) in [7, 11) is 1.42. The molecule has 1 amide bonds. The third-order valence-corrected chi connectivity index (χ3v) is 5.88. The number of alkyl halides is 3. The van der Waals surface area contributed by atoms with Gasteiger partial charge in [0.1, 0.15) is 17.2 Å². The van der Waals surface area contributed by atoms with Crippen LogP contribution in [0.3, 0.4) is 0 Å². The molecule has 3 aromatic carbocycles. The number of ketones is 1. The second kappa shape index (κ2) is 10.6. The summed E-state index contributed by atoms with van der Waals surface area (Å²) in [4.78, 5) is 26.3. The Morgan fingerprint density at radius 1 is 1.00 bits per heavy atom. The topological polar surface area (TPSA) is 69.6 Å². The van der Waals surface area contributed by atoms with Crippen LogP contribution in [0.15, 0.2) is 66.7 Å². The zero-order valence-corrected chi connectivity index (χ0v) is 20.6. The molecule has 0 fully saturated rings. The van der Waals surface area contributed by atoms with Gasteiger partial charge in [-0.15, -0.1) is 0 Å². The molecular formula is C27H22ClF3N2O4. The first-order chi connectivity index (χ1) is 17.6. The van der Waals surface area contributed by atoms with Gasteiger partial charge in [0.15, 0.2) is 0 Å². The Hall–Kier alpha value is -3.98. The summed E-state index contributed by atoms with van der Waals surface area (Å²) in [6.07, 6.45) is -4.95. The van der Waals surface area contributed by atoms with Gasteiger partial charge in [-0.3, -0.25) is 9.59 Å². The second-order valence-electron chi connectivity index (χ2n) is 8.06. The lowest BCUT2D eigenvalue weighted by Crippen LogP contribution is -2.26. The van der Waals surface area contributed by atoms with Crippen LogP contribution in [-0.2, 0) is 17.5 Å². The van der Waals surface area contributed by atoms with Gasteiger partial charge in [0, 0.05) is 34.2 Å². The van der Waals surface area contributed by atoms with Crippen LogP contribution in [0.2, 0.25) is 5.02 Å². The number of ether oxygens (including phenoxy) is 2. The molecule has 0 aliphatic carbocycles. The smallest absolute Gasteiger partial charge is 0.432 e. The highest BCUT2D eigenvalue weighted by molar-refractivity contribution is 6.48. The number of carbonyl (C=O) groups excluding carboxylic acids is 2. The number of anilines is 1. The van der Waals surface area contributed by atoms with Crippen molar-refractivity contribution in [1.82, 2.24) is 4.57 Å². The molecule has 1 heterocycles. The molecule has 0 saturated heterocycles. The van der Waals surface area contributed by atoms with Crippen molar-refractivity contribution < 1.29 is 32.2 Å². The highest BCUT2D eigenvalue weighted by Gasteiger charge is 2.42. The minimum absolute atomic E-state index is 0.0435. The van der Waals surface area contributed by atoms with Gasteiger partial charge in [0.25, 0.3) is 11.7 Å². The summed E-state index contributed by atoms with van der Waals surface area (Å²) in [5, 5.41) is 2.76. The number of nitrogens with zero attached hydrogens (tertiary/aromatic N) is 1. The van der Waals surface area contributed by atoms with Crippen LogP contribution in [0.4, 0.5) is 18.9 Å². The van der Waals surface area contributed by atoms with Gasteiger partial charge in [-0.05, 0) is 55.0 Å². The largest absolute Gasteiger partial charge is 0.497 e. The van der Waals surface area contributed by atoms with E-state index in [0.717, 1.165) is 4.57 Å². The van der Waals surface area contributed by atoms with E-state index in [1.165, 1.54) is 37.4 Å². The molecule has 0 aliphatic heterocycles. The van der Waals surface area contributed by atoms with Crippen molar-refractivity contribution in [3.05, 3.63) is 88.6 Å². The van der Waals surface area contributed by atoms with Gasteiger partial charge < -0.3 is 19.4 Å². The van der Waals surface area contributed by atoms with Crippen LogP contribution >= 0.6 is 11.6 Å². The minimum atomic E-state index is -4.95. The third-order valence-electron chi connectivity index (χ3n) is 5.63. The molecule has 6 nitrogen and oxygen atoms in total. The Morgan fingerprint density at radius 3 is 2.38 bits per heavy atom. The lowest BCUT2D eigenvalue weighted by atomic mass is 10.0. The molecule has 1 aromatic heterocycles. The van der Waals surface area contributed by atoms with Crippen LogP contribution in [0, 0.1) is 0 Å². The molecule has 10 heteroatoms. The number of fused-ring (bicyclic) bond motifs is 1. The van der Waals surface area contributed by atoms with E-state index in [1.807, 2.05) is 0 Å². The van der Waals surface area contributed by atoms with Crippen molar-refractivity contribution in [3.8, 4) is 11.5 Å². The average Bonchev–Trinajstić information content (AvgIpc) is 3.19.